The van der Waals surface area contributed by atoms with Gasteiger partial charge < -0.3 is 15.4 Å². The third-order valence-corrected chi connectivity index (χ3v) is 7.11. The van der Waals surface area contributed by atoms with E-state index in [9.17, 15) is 9.59 Å². The Hall–Kier alpha value is -3.78. The molecule has 2 amide bonds. The highest BCUT2D eigenvalue weighted by Crippen LogP contribution is 2.36. The molecule has 7 nitrogen and oxygen atoms in total. The Morgan fingerprint density at radius 3 is 2.67 bits per heavy atom. The van der Waals surface area contributed by atoms with Gasteiger partial charge in [-0.15, -0.1) is 0 Å². The normalized spacial score (nSPS) is 12.4. The van der Waals surface area contributed by atoms with E-state index in [4.69, 9.17) is 4.74 Å². The molecule has 2 N–H and O–H groups in total. The number of carbonyl (C=O) groups excluding carboxylic acids is 2. The zero-order chi connectivity index (χ0) is 24.9. The summed E-state index contributed by atoms with van der Waals surface area (Å²) in [6, 6.07) is 21.6. The molecule has 0 aliphatic carbocycles. The molecule has 3 aromatic carbocycles. The van der Waals surface area contributed by atoms with Gasteiger partial charge in [-0.2, -0.15) is 16.9 Å². The summed E-state index contributed by atoms with van der Waals surface area (Å²) < 4.78 is 7.42. The number of rotatable bonds is 9. The van der Waals surface area contributed by atoms with Crippen molar-refractivity contribution in [3.05, 3.63) is 89.1 Å². The quantitative estimate of drug-likeness (QED) is 0.345. The number of amides is 2. The molecular formula is C28H28N4O3S. The number of thioether (sulfide) groups is 1. The monoisotopic (exact) mass is 500 g/mol. The van der Waals surface area contributed by atoms with Crippen LogP contribution >= 0.6 is 11.8 Å². The smallest absolute Gasteiger partial charge is 0.261 e. The highest BCUT2D eigenvalue weighted by atomic mass is 32.2. The first-order valence-electron chi connectivity index (χ1n) is 12.1. The van der Waals surface area contributed by atoms with E-state index >= 15 is 0 Å². The third-order valence-electron chi connectivity index (χ3n) is 6.14. The van der Waals surface area contributed by atoms with Crippen LogP contribution < -0.4 is 15.4 Å². The van der Waals surface area contributed by atoms with Gasteiger partial charge in [-0.1, -0.05) is 60.7 Å². The number of nitrogens with one attached hydrogen (secondary N) is 2. The highest BCUT2D eigenvalue weighted by Gasteiger charge is 2.26. The summed E-state index contributed by atoms with van der Waals surface area (Å²) in [5.41, 5.74) is 3.54. The Bertz CT molecular complexity index is 1400. The lowest BCUT2D eigenvalue weighted by molar-refractivity contribution is -0.121. The van der Waals surface area contributed by atoms with Crippen molar-refractivity contribution in [1.82, 2.24) is 15.1 Å². The molecule has 1 aromatic heterocycles. The molecule has 184 valence electrons. The van der Waals surface area contributed by atoms with E-state index in [1.54, 1.807) is 16.4 Å². The maximum absolute atomic E-state index is 13.6. The summed E-state index contributed by atoms with van der Waals surface area (Å²) in [7, 11) is 0. The Kier molecular flexibility index (Phi) is 7.23. The van der Waals surface area contributed by atoms with Gasteiger partial charge in [0.25, 0.3) is 5.91 Å². The van der Waals surface area contributed by atoms with Crippen LogP contribution in [0.3, 0.4) is 0 Å². The highest BCUT2D eigenvalue weighted by molar-refractivity contribution is 7.98. The fourth-order valence-electron chi connectivity index (χ4n) is 4.43. The van der Waals surface area contributed by atoms with Crippen molar-refractivity contribution in [2.45, 2.75) is 31.4 Å². The van der Waals surface area contributed by atoms with Crippen molar-refractivity contribution in [3.63, 3.8) is 0 Å². The zero-order valence-electron chi connectivity index (χ0n) is 20.1. The van der Waals surface area contributed by atoms with Crippen LogP contribution in [0.1, 0.15) is 34.1 Å². The number of anilines is 1. The van der Waals surface area contributed by atoms with Crippen LogP contribution in [0.4, 0.5) is 5.82 Å². The van der Waals surface area contributed by atoms with Gasteiger partial charge in [0.2, 0.25) is 5.91 Å². The molecule has 8 heteroatoms. The van der Waals surface area contributed by atoms with E-state index < -0.39 is 0 Å². The first-order valence-corrected chi connectivity index (χ1v) is 13.2. The van der Waals surface area contributed by atoms with Gasteiger partial charge in [-0.25, -0.2) is 4.68 Å². The third kappa shape index (κ3) is 5.09. The van der Waals surface area contributed by atoms with Gasteiger partial charge in [0.05, 0.1) is 17.9 Å². The molecule has 0 bridgehead atoms. The Balaban J connectivity index is 1.37. The van der Waals surface area contributed by atoms with Gasteiger partial charge in [0.15, 0.2) is 0 Å². The Labute approximate surface area is 214 Å². The van der Waals surface area contributed by atoms with Crippen molar-refractivity contribution in [3.8, 4) is 5.75 Å². The molecule has 1 aliphatic rings. The van der Waals surface area contributed by atoms with Crippen molar-refractivity contribution in [2.75, 3.05) is 18.5 Å². The summed E-state index contributed by atoms with van der Waals surface area (Å²) in [6.07, 6.45) is 0.754. The molecule has 0 unspecified atom stereocenters. The van der Waals surface area contributed by atoms with Crippen LogP contribution in [-0.4, -0.2) is 34.7 Å². The maximum Gasteiger partial charge on any atom is 0.261 e. The second kappa shape index (κ2) is 10.9. The van der Waals surface area contributed by atoms with Crippen LogP contribution in [0, 0.1) is 0 Å². The first-order chi connectivity index (χ1) is 17.6. The van der Waals surface area contributed by atoms with Gasteiger partial charge in [0, 0.05) is 23.6 Å². The largest absolute Gasteiger partial charge is 0.493 e. The van der Waals surface area contributed by atoms with Crippen LogP contribution in [0.2, 0.25) is 0 Å². The van der Waals surface area contributed by atoms with Gasteiger partial charge in [-0.05, 0) is 35.7 Å². The van der Waals surface area contributed by atoms with E-state index in [2.05, 4.69) is 15.7 Å². The number of carbonyl (C=O) groups is 2. The molecule has 0 fully saturated rings. The van der Waals surface area contributed by atoms with E-state index in [-0.39, 0.29) is 18.4 Å². The lowest BCUT2D eigenvalue weighted by Gasteiger charge is -2.15. The molecule has 5 rings (SSSR count). The minimum absolute atomic E-state index is 0.0376. The van der Waals surface area contributed by atoms with Gasteiger partial charge >= 0.3 is 0 Å². The fraction of sp³-hybridized carbons (Fsp3) is 0.250. The second-order valence-electron chi connectivity index (χ2n) is 8.56. The van der Waals surface area contributed by atoms with Gasteiger partial charge in [-0.3, -0.25) is 9.59 Å². The number of hydrogen-bond acceptors (Lipinski definition) is 5. The number of fused-ring (bicyclic) bond motifs is 2. The SMILES string of the molecule is CCOc1ccc2ccccc2c1C(=O)Nc1c2c(nn1CC(=O)NCCc1ccccc1)CSC2. The zero-order valence-corrected chi connectivity index (χ0v) is 20.9. The molecule has 0 atom stereocenters. The average Bonchev–Trinajstić information content (AvgIpc) is 3.47. The summed E-state index contributed by atoms with van der Waals surface area (Å²) >= 11 is 1.75. The summed E-state index contributed by atoms with van der Waals surface area (Å²) in [6.45, 7) is 2.92. The molecule has 0 saturated heterocycles. The second-order valence-corrected chi connectivity index (χ2v) is 9.54. The average molecular weight is 501 g/mol. The Morgan fingerprint density at radius 2 is 1.83 bits per heavy atom. The maximum atomic E-state index is 13.6. The standard InChI is InChI=1S/C28H28N4O3S/c1-2-35-24-13-12-20-10-6-7-11-21(20)26(24)28(34)30-27-22-17-36-18-23(22)31-32(27)16-25(33)29-15-14-19-8-4-3-5-9-19/h3-13H,2,14-18H2,1H3,(H,29,33)(H,30,34). The van der Waals surface area contributed by atoms with Crippen molar-refractivity contribution >= 4 is 40.2 Å². The predicted octanol–water partition coefficient (Wildman–Crippen LogP) is 4.79. The molecule has 1 aliphatic heterocycles. The van der Waals surface area contributed by atoms with Crippen LogP contribution in [0.5, 0.6) is 5.75 Å². The molecule has 36 heavy (non-hydrogen) atoms. The lowest BCUT2D eigenvalue weighted by Crippen LogP contribution is -2.30. The molecule has 0 radical (unpaired) electrons. The minimum Gasteiger partial charge on any atom is -0.493 e. The molecular weight excluding hydrogens is 472 g/mol. The van der Waals surface area contributed by atoms with Gasteiger partial charge in [0.1, 0.15) is 18.1 Å². The summed E-state index contributed by atoms with van der Waals surface area (Å²) in [5.74, 6) is 2.20. The van der Waals surface area contributed by atoms with Crippen LogP contribution in [0.15, 0.2) is 66.7 Å². The number of hydrogen-bond donors (Lipinski definition) is 2. The summed E-state index contributed by atoms with van der Waals surface area (Å²) in [5, 5.41) is 12.5. The van der Waals surface area contributed by atoms with Crippen molar-refractivity contribution in [1.29, 1.82) is 0 Å². The number of ether oxygens (including phenoxy) is 1. The van der Waals surface area contributed by atoms with E-state index in [1.807, 2.05) is 73.7 Å². The fourth-order valence-corrected chi connectivity index (χ4v) is 5.47. The Morgan fingerprint density at radius 1 is 1.03 bits per heavy atom. The predicted molar refractivity (Wildman–Crippen MR) is 143 cm³/mol. The lowest BCUT2D eigenvalue weighted by atomic mass is 10.0. The van der Waals surface area contributed by atoms with E-state index in [1.165, 1.54) is 5.56 Å². The number of aromatic nitrogens is 2. The number of benzene rings is 3. The number of nitrogens with zero attached hydrogens (tertiary/aromatic N) is 2. The van der Waals surface area contributed by atoms with E-state index in [0.717, 1.165) is 40.0 Å². The van der Waals surface area contributed by atoms with Crippen molar-refractivity contribution < 1.29 is 14.3 Å². The van der Waals surface area contributed by atoms with Crippen molar-refractivity contribution in [2.24, 2.45) is 0 Å². The molecule has 0 saturated carbocycles. The minimum atomic E-state index is -0.277. The van der Waals surface area contributed by atoms with E-state index in [0.29, 0.717) is 30.3 Å². The molecule has 0 spiro atoms. The summed E-state index contributed by atoms with van der Waals surface area (Å²) in [4.78, 5) is 26.4. The molecule has 4 aromatic rings. The van der Waals surface area contributed by atoms with Crippen LogP contribution in [-0.2, 0) is 29.3 Å². The van der Waals surface area contributed by atoms with Crippen LogP contribution in [0.25, 0.3) is 10.8 Å². The first kappa shape index (κ1) is 23.9. The topological polar surface area (TPSA) is 85.2 Å². The molecule has 2 heterocycles.